The summed E-state index contributed by atoms with van der Waals surface area (Å²) in [7, 11) is 0. The lowest BCUT2D eigenvalue weighted by Gasteiger charge is -2.33. The van der Waals surface area contributed by atoms with Crippen LogP contribution in [0.4, 0.5) is 0 Å². The Kier molecular flexibility index (Phi) is 3.91. The molecule has 2 aliphatic rings. The van der Waals surface area contributed by atoms with E-state index >= 15 is 0 Å². The molecule has 1 amide bonds. The van der Waals surface area contributed by atoms with Crippen molar-refractivity contribution in [1.29, 1.82) is 5.26 Å². The maximum Gasteiger partial charge on any atom is 0.235 e. The number of carbonyl (C=O) groups excluding carboxylic acids is 1. The zero-order valence-corrected chi connectivity index (χ0v) is 11.4. The van der Waals surface area contributed by atoms with E-state index < -0.39 is 5.54 Å². The van der Waals surface area contributed by atoms with E-state index in [1.807, 2.05) is 6.92 Å². The summed E-state index contributed by atoms with van der Waals surface area (Å²) >= 11 is 0. The van der Waals surface area contributed by atoms with Crippen molar-refractivity contribution in [2.24, 2.45) is 5.92 Å². The number of nitrogens with zero attached hydrogens (tertiary/aromatic N) is 2. The molecule has 2 fully saturated rings. The highest BCUT2D eigenvalue weighted by Crippen LogP contribution is 2.39. The van der Waals surface area contributed by atoms with Gasteiger partial charge >= 0.3 is 0 Å². The van der Waals surface area contributed by atoms with Crippen molar-refractivity contribution < 1.29 is 4.79 Å². The van der Waals surface area contributed by atoms with Gasteiger partial charge < -0.3 is 5.32 Å². The predicted molar refractivity (Wildman–Crippen MR) is 69.8 cm³/mol. The average Bonchev–Trinajstić information content (AvgIpc) is 3.16. The van der Waals surface area contributed by atoms with Crippen LogP contribution in [0, 0.1) is 17.2 Å². The van der Waals surface area contributed by atoms with Crippen molar-refractivity contribution in [2.75, 3.05) is 13.1 Å². The van der Waals surface area contributed by atoms with Crippen molar-refractivity contribution in [1.82, 2.24) is 10.2 Å². The number of carbonyl (C=O) groups is 1. The van der Waals surface area contributed by atoms with E-state index in [9.17, 15) is 10.1 Å². The van der Waals surface area contributed by atoms with Crippen molar-refractivity contribution in [3.05, 3.63) is 0 Å². The highest BCUT2D eigenvalue weighted by molar-refractivity contribution is 5.79. The molecule has 0 aromatic rings. The molecule has 1 heterocycles. The van der Waals surface area contributed by atoms with Crippen LogP contribution in [0.3, 0.4) is 0 Å². The van der Waals surface area contributed by atoms with E-state index in [1.165, 1.54) is 19.3 Å². The molecule has 4 heteroatoms. The van der Waals surface area contributed by atoms with Crippen LogP contribution < -0.4 is 5.32 Å². The number of amides is 1. The monoisotopic (exact) mass is 249 g/mol. The van der Waals surface area contributed by atoms with Gasteiger partial charge in [-0.15, -0.1) is 0 Å². The molecule has 4 nitrogen and oxygen atoms in total. The quantitative estimate of drug-likeness (QED) is 0.824. The minimum absolute atomic E-state index is 0.000278. The Morgan fingerprint density at radius 1 is 1.44 bits per heavy atom. The molecule has 0 spiro atoms. The van der Waals surface area contributed by atoms with Gasteiger partial charge in [-0.3, -0.25) is 9.69 Å². The van der Waals surface area contributed by atoms with Gasteiger partial charge in [-0.1, -0.05) is 6.42 Å². The number of nitriles is 1. The van der Waals surface area contributed by atoms with Gasteiger partial charge in [0.1, 0.15) is 5.54 Å². The molecule has 18 heavy (non-hydrogen) atoms. The predicted octanol–water partition coefficient (Wildman–Crippen LogP) is 1.67. The molecule has 0 unspecified atom stereocenters. The second kappa shape index (κ2) is 5.27. The largest absolute Gasteiger partial charge is 0.337 e. The molecule has 1 N–H and O–H groups in total. The molecule has 1 saturated heterocycles. The normalized spacial score (nSPS) is 28.2. The summed E-state index contributed by atoms with van der Waals surface area (Å²) in [4.78, 5) is 14.3. The first kappa shape index (κ1) is 13.4. The molecular weight excluding hydrogens is 226 g/mol. The molecule has 0 radical (unpaired) electrons. The summed E-state index contributed by atoms with van der Waals surface area (Å²) in [6.45, 7) is 5.46. The Bertz CT molecular complexity index is 359. The summed E-state index contributed by atoms with van der Waals surface area (Å²) in [6.07, 6.45) is 5.73. The minimum atomic E-state index is -0.657. The van der Waals surface area contributed by atoms with E-state index in [2.05, 4.69) is 23.2 Å². The lowest BCUT2D eigenvalue weighted by Crippen LogP contribution is -2.52. The molecule has 1 saturated carbocycles. The molecule has 0 aromatic carbocycles. The standard InChI is InChI=1S/C14H23N3O/c1-11-5-3-4-8-17(11)9-13(18)16-14(2,10-15)12-6-7-12/h11-12H,3-9H2,1-2H3,(H,16,18)/t11-,14+/m0/s1. The molecule has 1 aliphatic heterocycles. The Morgan fingerprint density at radius 3 is 2.72 bits per heavy atom. The van der Waals surface area contributed by atoms with Crippen LogP contribution in [0.1, 0.15) is 46.0 Å². The van der Waals surface area contributed by atoms with Gasteiger partial charge in [0.25, 0.3) is 0 Å². The number of hydrogen-bond donors (Lipinski definition) is 1. The highest BCUT2D eigenvalue weighted by Gasteiger charge is 2.43. The van der Waals surface area contributed by atoms with Crippen LogP contribution in [0.15, 0.2) is 0 Å². The third kappa shape index (κ3) is 3.02. The van der Waals surface area contributed by atoms with Crippen molar-refractivity contribution >= 4 is 5.91 Å². The first-order chi connectivity index (χ1) is 8.55. The molecule has 1 aliphatic carbocycles. The Labute approximate surface area is 109 Å². The van der Waals surface area contributed by atoms with E-state index in [4.69, 9.17) is 0 Å². The maximum atomic E-state index is 12.1. The minimum Gasteiger partial charge on any atom is -0.337 e. The number of piperidine rings is 1. The molecule has 100 valence electrons. The summed E-state index contributed by atoms with van der Waals surface area (Å²) in [5.74, 6) is 0.352. The third-order valence-electron chi connectivity index (χ3n) is 4.31. The number of likely N-dealkylation sites (tertiary alicyclic amines) is 1. The lowest BCUT2D eigenvalue weighted by atomic mass is 9.97. The van der Waals surface area contributed by atoms with E-state index in [1.54, 1.807) is 0 Å². The third-order valence-corrected chi connectivity index (χ3v) is 4.31. The number of nitrogens with one attached hydrogen (secondary N) is 1. The average molecular weight is 249 g/mol. The second-order valence-electron chi connectivity index (χ2n) is 5.95. The van der Waals surface area contributed by atoms with Gasteiger partial charge in [-0.2, -0.15) is 5.26 Å². The van der Waals surface area contributed by atoms with E-state index in [-0.39, 0.29) is 5.91 Å². The van der Waals surface area contributed by atoms with E-state index in [0.717, 1.165) is 19.4 Å². The van der Waals surface area contributed by atoms with Crippen molar-refractivity contribution in [3.8, 4) is 6.07 Å². The van der Waals surface area contributed by atoms with Crippen LogP contribution in [0.25, 0.3) is 0 Å². The summed E-state index contributed by atoms with van der Waals surface area (Å²) in [5, 5.41) is 12.2. The maximum absolute atomic E-state index is 12.1. The lowest BCUT2D eigenvalue weighted by molar-refractivity contribution is -0.124. The van der Waals surface area contributed by atoms with Crippen LogP contribution in [0.2, 0.25) is 0 Å². The molecule has 0 bridgehead atoms. The zero-order valence-electron chi connectivity index (χ0n) is 11.4. The van der Waals surface area contributed by atoms with Gasteiger partial charge in [0.05, 0.1) is 12.6 Å². The summed E-state index contributed by atoms with van der Waals surface area (Å²) < 4.78 is 0. The fourth-order valence-electron chi connectivity index (χ4n) is 2.79. The number of rotatable bonds is 4. The van der Waals surface area contributed by atoms with Gasteiger partial charge in [-0.25, -0.2) is 0 Å². The first-order valence-electron chi connectivity index (χ1n) is 7.01. The fourth-order valence-corrected chi connectivity index (χ4v) is 2.79. The summed E-state index contributed by atoms with van der Waals surface area (Å²) in [6, 6.07) is 2.75. The second-order valence-corrected chi connectivity index (χ2v) is 5.95. The molecule has 2 rings (SSSR count). The Hall–Kier alpha value is -1.08. The highest BCUT2D eigenvalue weighted by atomic mass is 16.2. The van der Waals surface area contributed by atoms with Crippen molar-refractivity contribution in [3.63, 3.8) is 0 Å². The fraction of sp³-hybridized carbons (Fsp3) is 0.857. The van der Waals surface area contributed by atoms with E-state index in [0.29, 0.717) is 18.5 Å². The Balaban J connectivity index is 1.86. The Morgan fingerprint density at radius 2 is 2.17 bits per heavy atom. The van der Waals surface area contributed by atoms with Gasteiger partial charge in [-0.05, 0) is 52.0 Å². The SMILES string of the molecule is C[C@H]1CCCCN1CC(=O)N[C@](C)(C#N)C1CC1. The van der Waals surface area contributed by atoms with Gasteiger partial charge in [0.2, 0.25) is 5.91 Å². The van der Waals surface area contributed by atoms with Gasteiger partial charge in [0.15, 0.2) is 0 Å². The molecular formula is C14H23N3O. The smallest absolute Gasteiger partial charge is 0.235 e. The molecule has 2 atom stereocenters. The van der Waals surface area contributed by atoms with Crippen molar-refractivity contribution in [2.45, 2.75) is 57.5 Å². The first-order valence-corrected chi connectivity index (χ1v) is 7.01. The van der Waals surface area contributed by atoms with Crippen LogP contribution in [-0.4, -0.2) is 35.5 Å². The number of hydrogen-bond acceptors (Lipinski definition) is 3. The molecule has 0 aromatic heterocycles. The topological polar surface area (TPSA) is 56.1 Å². The van der Waals surface area contributed by atoms with Crippen LogP contribution >= 0.6 is 0 Å². The summed E-state index contributed by atoms with van der Waals surface area (Å²) in [5.41, 5.74) is -0.657. The van der Waals surface area contributed by atoms with Crippen LogP contribution in [0.5, 0.6) is 0 Å². The van der Waals surface area contributed by atoms with Gasteiger partial charge in [0, 0.05) is 6.04 Å². The van der Waals surface area contributed by atoms with Crippen LogP contribution in [-0.2, 0) is 4.79 Å². The zero-order chi connectivity index (χ0) is 13.2.